The first-order chi connectivity index (χ1) is 9.88. The molecule has 0 heterocycles. The van der Waals surface area contributed by atoms with E-state index in [0.717, 1.165) is 5.92 Å². The fourth-order valence-electron chi connectivity index (χ4n) is 3.66. The van der Waals surface area contributed by atoms with Crippen LogP contribution in [0.4, 0.5) is 5.69 Å². The Morgan fingerprint density at radius 2 is 1.71 bits per heavy atom. The maximum atomic E-state index is 3.84. The molecule has 0 saturated heterocycles. The van der Waals surface area contributed by atoms with Gasteiger partial charge in [0.1, 0.15) is 0 Å². The summed E-state index contributed by atoms with van der Waals surface area (Å²) in [5, 5.41) is 3.84. The first kappa shape index (κ1) is 16.4. The number of anilines is 1. The molecule has 1 fully saturated rings. The molecule has 21 heavy (non-hydrogen) atoms. The highest BCUT2D eigenvalue weighted by atomic mass is 14.9. The molecule has 1 heteroatoms. The van der Waals surface area contributed by atoms with Crippen LogP contribution in [0.15, 0.2) is 24.3 Å². The minimum absolute atomic E-state index is 0.463. The van der Waals surface area contributed by atoms with Crippen LogP contribution >= 0.6 is 0 Å². The van der Waals surface area contributed by atoms with Crippen molar-refractivity contribution in [3.05, 3.63) is 29.8 Å². The van der Waals surface area contributed by atoms with Crippen molar-refractivity contribution in [1.29, 1.82) is 0 Å². The summed E-state index contributed by atoms with van der Waals surface area (Å²) in [7, 11) is 0. The second-order valence-electron chi connectivity index (χ2n) is 8.15. The van der Waals surface area contributed by atoms with Crippen molar-refractivity contribution in [2.45, 2.75) is 78.7 Å². The van der Waals surface area contributed by atoms with Gasteiger partial charge in [0, 0.05) is 11.7 Å². The second kappa shape index (κ2) is 6.85. The maximum absolute atomic E-state index is 3.84. The van der Waals surface area contributed by atoms with Crippen LogP contribution < -0.4 is 5.32 Å². The van der Waals surface area contributed by atoms with Crippen LogP contribution in [0.5, 0.6) is 0 Å². The highest BCUT2D eigenvalue weighted by Crippen LogP contribution is 2.37. The summed E-state index contributed by atoms with van der Waals surface area (Å²) in [6, 6.07) is 9.48. The van der Waals surface area contributed by atoms with E-state index in [2.05, 4.69) is 64.2 Å². The van der Waals surface area contributed by atoms with Crippen molar-refractivity contribution in [3.63, 3.8) is 0 Å². The molecule has 0 amide bonds. The number of nitrogens with one attached hydrogen (secondary N) is 1. The summed E-state index contributed by atoms with van der Waals surface area (Å²) in [5.74, 6) is 1.46. The number of rotatable bonds is 3. The van der Waals surface area contributed by atoms with E-state index in [4.69, 9.17) is 0 Å². The number of hydrogen-bond donors (Lipinski definition) is 1. The number of hydrogen-bond acceptors (Lipinski definition) is 1. The molecule has 118 valence electrons. The molecule has 2 rings (SSSR count). The van der Waals surface area contributed by atoms with Gasteiger partial charge in [0.05, 0.1) is 0 Å². The van der Waals surface area contributed by atoms with Crippen LogP contribution in [-0.4, -0.2) is 6.04 Å². The second-order valence-corrected chi connectivity index (χ2v) is 8.15. The maximum Gasteiger partial charge on any atom is 0.0377 e. The van der Waals surface area contributed by atoms with E-state index in [1.165, 1.54) is 43.4 Å². The van der Waals surface area contributed by atoms with Crippen molar-refractivity contribution in [1.82, 2.24) is 0 Å². The Bertz CT molecular complexity index is 441. The molecule has 1 aliphatic carbocycles. The average molecular weight is 287 g/mol. The van der Waals surface area contributed by atoms with E-state index in [0.29, 0.717) is 17.4 Å². The van der Waals surface area contributed by atoms with Crippen LogP contribution in [-0.2, 0) is 0 Å². The van der Waals surface area contributed by atoms with Gasteiger partial charge < -0.3 is 5.32 Å². The molecule has 1 aromatic rings. The van der Waals surface area contributed by atoms with Crippen molar-refractivity contribution in [2.75, 3.05) is 5.32 Å². The van der Waals surface area contributed by atoms with Gasteiger partial charge in [-0.15, -0.1) is 0 Å². The molecule has 1 aliphatic rings. The Labute approximate surface area is 131 Å². The third-order valence-electron chi connectivity index (χ3n) is 5.14. The summed E-state index contributed by atoms with van der Waals surface area (Å²) in [5.41, 5.74) is 3.27. The predicted octanol–water partition coefficient (Wildman–Crippen LogP) is 6.22. The Morgan fingerprint density at radius 1 is 1.00 bits per heavy atom. The van der Waals surface area contributed by atoms with Gasteiger partial charge in [0.25, 0.3) is 0 Å². The van der Waals surface area contributed by atoms with E-state index in [9.17, 15) is 0 Å². The van der Waals surface area contributed by atoms with Gasteiger partial charge in [-0.1, -0.05) is 59.2 Å². The van der Waals surface area contributed by atoms with Crippen molar-refractivity contribution < 1.29 is 0 Å². The topological polar surface area (TPSA) is 12.0 Å². The first-order valence-electron chi connectivity index (χ1n) is 8.73. The van der Waals surface area contributed by atoms with Gasteiger partial charge in [-0.3, -0.25) is 0 Å². The normalized spacial score (nSPS) is 23.9. The third-order valence-corrected chi connectivity index (χ3v) is 5.14. The van der Waals surface area contributed by atoms with Crippen LogP contribution in [0.2, 0.25) is 0 Å². The summed E-state index contributed by atoms with van der Waals surface area (Å²) >= 11 is 0. The fourth-order valence-corrected chi connectivity index (χ4v) is 3.66. The largest absolute Gasteiger partial charge is 0.382 e. The first-order valence-corrected chi connectivity index (χ1v) is 8.73. The van der Waals surface area contributed by atoms with Gasteiger partial charge in [-0.05, 0) is 54.6 Å². The zero-order valence-electron chi connectivity index (χ0n) is 14.6. The highest BCUT2D eigenvalue weighted by molar-refractivity contribution is 5.53. The zero-order chi connectivity index (χ0) is 15.5. The quantitative estimate of drug-likeness (QED) is 0.651. The van der Waals surface area contributed by atoms with E-state index in [1.807, 2.05) is 0 Å². The van der Waals surface area contributed by atoms with Crippen molar-refractivity contribution in [3.8, 4) is 0 Å². The molecule has 0 bridgehead atoms. The van der Waals surface area contributed by atoms with Gasteiger partial charge in [0.2, 0.25) is 0 Å². The SMILES string of the molecule is CC(C)c1ccccc1NC1CCCC(C(C)(C)C)CC1. The van der Waals surface area contributed by atoms with Crippen LogP contribution in [0, 0.1) is 11.3 Å². The zero-order valence-corrected chi connectivity index (χ0v) is 14.6. The van der Waals surface area contributed by atoms with Crippen molar-refractivity contribution in [2.24, 2.45) is 11.3 Å². The van der Waals surface area contributed by atoms with Crippen LogP contribution in [0.1, 0.15) is 78.2 Å². The smallest absolute Gasteiger partial charge is 0.0377 e. The van der Waals surface area contributed by atoms with E-state index in [1.54, 1.807) is 0 Å². The van der Waals surface area contributed by atoms with E-state index in [-0.39, 0.29) is 0 Å². The molecule has 0 radical (unpaired) electrons. The Balaban J connectivity index is 2.01. The minimum Gasteiger partial charge on any atom is -0.382 e. The summed E-state index contributed by atoms with van der Waals surface area (Å²) in [4.78, 5) is 0. The summed E-state index contributed by atoms with van der Waals surface area (Å²) < 4.78 is 0. The summed E-state index contributed by atoms with van der Waals surface area (Å²) in [6.45, 7) is 11.8. The lowest BCUT2D eigenvalue weighted by Gasteiger charge is -2.30. The fraction of sp³-hybridized carbons (Fsp3) is 0.700. The number of benzene rings is 1. The monoisotopic (exact) mass is 287 g/mol. The molecule has 1 saturated carbocycles. The molecular weight excluding hydrogens is 254 g/mol. The minimum atomic E-state index is 0.463. The Kier molecular flexibility index (Phi) is 5.35. The number of para-hydroxylation sites is 1. The lowest BCUT2D eigenvalue weighted by molar-refractivity contribution is 0.214. The molecule has 1 nitrogen and oxygen atoms in total. The van der Waals surface area contributed by atoms with E-state index >= 15 is 0 Å². The molecule has 0 aliphatic heterocycles. The lowest BCUT2D eigenvalue weighted by Crippen LogP contribution is -2.22. The van der Waals surface area contributed by atoms with Gasteiger partial charge in [0.15, 0.2) is 0 Å². The Morgan fingerprint density at radius 3 is 2.38 bits per heavy atom. The molecule has 2 atom stereocenters. The van der Waals surface area contributed by atoms with Crippen LogP contribution in [0.25, 0.3) is 0 Å². The van der Waals surface area contributed by atoms with Crippen LogP contribution in [0.3, 0.4) is 0 Å². The average Bonchev–Trinajstić information content (AvgIpc) is 2.64. The third kappa shape index (κ3) is 4.49. The lowest BCUT2D eigenvalue weighted by atomic mass is 9.76. The van der Waals surface area contributed by atoms with Crippen molar-refractivity contribution >= 4 is 5.69 Å². The molecule has 0 spiro atoms. The molecule has 1 aromatic carbocycles. The molecule has 2 unspecified atom stereocenters. The van der Waals surface area contributed by atoms with Gasteiger partial charge in [-0.25, -0.2) is 0 Å². The Hall–Kier alpha value is -0.980. The van der Waals surface area contributed by atoms with Gasteiger partial charge >= 0.3 is 0 Å². The molecule has 0 aromatic heterocycles. The van der Waals surface area contributed by atoms with E-state index < -0.39 is 0 Å². The standard InChI is InChI=1S/C20H33N/c1-15(2)18-11-6-7-12-19(18)21-17-10-8-9-16(13-14-17)20(3,4)5/h6-7,11-12,15-17,21H,8-10,13-14H2,1-5H3. The molecular formula is C20H33N. The highest BCUT2D eigenvalue weighted by Gasteiger charge is 2.27. The predicted molar refractivity (Wildman–Crippen MR) is 94.0 cm³/mol. The summed E-state index contributed by atoms with van der Waals surface area (Å²) in [6.07, 6.45) is 6.76. The van der Waals surface area contributed by atoms with Gasteiger partial charge in [-0.2, -0.15) is 0 Å². The molecule has 1 N–H and O–H groups in total.